The second-order valence-electron chi connectivity index (χ2n) is 4.07. The molecule has 0 amide bonds. The summed E-state index contributed by atoms with van der Waals surface area (Å²) in [6.45, 7) is 0. The minimum Gasteiger partial charge on any atom is -0.180 e. The van der Waals surface area contributed by atoms with E-state index >= 15 is 0 Å². The van der Waals surface area contributed by atoms with E-state index in [9.17, 15) is 24.0 Å². The van der Waals surface area contributed by atoms with Gasteiger partial charge in [-0.1, -0.05) is 27.3 Å². The normalized spacial score (nSPS) is 12.0. The molecule has 0 aliphatic rings. The standard InChI is InChI=1S/C12H8F4N2O2S3/c13-22(14,19)17-9-1-5-11(6-2-9)21-12-7-3-10(4-8-12)18-23(15,16)20/h1-8H. The Morgan fingerprint density at radius 3 is 1.22 bits per heavy atom. The van der Waals surface area contributed by atoms with Crippen molar-refractivity contribution in [2.24, 2.45) is 8.73 Å². The van der Waals surface area contributed by atoms with Crippen molar-refractivity contribution in [3.05, 3.63) is 48.5 Å². The van der Waals surface area contributed by atoms with Crippen molar-refractivity contribution in [1.29, 1.82) is 0 Å². The summed E-state index contributed by atoms with van der Waals surface area (Å²) in [6.07, 6.45) is 0. The molecule has 2 aromatic carbocycles. The van der Waals surface area contributed by atoms with Gasteiger partial charge < -0.3 is 0 Å². The van der Waals surface area contributed by atoms with Crippen LogP contribution in [0.1, 0.15) is 0 Å². The molecule has 0 heterocycles. The highest BCUT2D eigenvalue weighted by atomic mass is 32.3. The lowest BCUT2D eigenvalue weighted by atomic mass is 10.3. The maximum Gasteiger partial charge on any atom is 0.371 e. The Hall–Kier alpha value is -1.59. The number of hydrogen-bond donors (Lipinski definition) is 0. The fourth-order valence-corrected chi connectivity index (χ4v) is 3.08. The lowest BCUT2D eigenvalue weighted by Crippen LogP contribution is -1.78. The maximum atomic E-state index is 12.3. The van der Waals surface area contributed by atoms with Gasteiger partial charge in [0.25, 0.3) is 0 Å². The quantitative estimate of drug-likeness (QED) is 0.511. The first-order chi connectivity index (χ1) is 10.6. The lowest BCUT2D eigenvalue weighted by Gasteiger charge is -2.02. The van der Waals surface area contributed by atoms with Gasteiger partial charge in [-0.15, -0.1) is 8.73 Å². The molecule has 11 heteroatoms. The first kappa shape index (κ1) is 17.8. The van der Waals surface area contributed by atoms with Crippen molar-refractivity contribution in [2.75, 3.05) is 0 Å². The van der Waals surface area contributed by atoms with E-state index in [1.165, 1.54) is 60.3 Å². The topological polar surface area (TPSA) is 58.9 Å². The SMILES string of the molecule is O=S(F)(F)=Nc1ccc(Sc2ccc(N=S(=O)(F)F)cc2)cc1. The first-order valence-corrected chi connectivity index (χ1v) is 9.26. The molecule has 0 aliphatic carbocycles. The molecule has 0 saturated heterocycles. The van der Waals surface area contributed by atoms with Crippen LogP contribution >= 0.6 is 11.8 Å². The summed E-state index contributed by atoms with van der Waals surface area (Å²) in [5.41, 5.74) is -0.224. The van der Waals surface area contributed by atoms with Crippen LogP contribution in [0, 0.1) is 0 Å². The van der Waals surface area contributed by atoms with Crippen LogP contribution < -0.4 is 0 Å². The van der Waals surface area contributed by atoms with Gasteiger partial charge in [0.15, 0.2) is 0 Å². The molecular formula is C12H8F4N2O2S3. The van der Waals surface area contributed by atoms with Gasteiger partial charge in [-0.3, -0.25) is 0 Å². The van der Waals surface area contributed by atoms with Gasteiger partial charge in [0.05, 0.1) is 11.4 Å². The molecule has 0 atom stereocenters. The van der Waals surface area contributed by atoms with E-state index in [2.05, 4.69) is 8.73 Å². The second kappa shape index (κ2) is 6.89. The van der Waals surface area contributed by atoms with Crippen LogP contribution in [0.2, 0.25) is 0 Å². The molecular weight excluding hydrogens is 376 g/mol. The third kappa shape index (κ3) is 6.59. The van der Waals surface area contributed by atoms with E-state index in [0.29, 0.717) is 9.79 Å². The summed E-state index contributed by atoms with van der Waals surface area (Å²) in [6, 6.07) is 11.1. The van der Waals surface area contributed by atoms with Gasteiger partial charge in [-0.25, -0.2) is 0 Å². The van der Waals surface area contributed by atoms with E-state index < -0.39 is 21.0 Å². The summed E-state index contributed by atoms with van der Waals surface area (Å²) in [5.74, 6) is 0. The zero-order valence-electron chi connectivity index (χ0n) is 11.1. The fraction of sp³-hybridized carbons (Fsp3) is 0. The molecule has 4 nitrogen and oxygen atoms in total. The summed E-state index contributed by atoms with van der Waals surface area (Å²) in [7, 11) is -10.4. The Morgan fingerprint density at radius 1 is 0.652 bits per heavy atom. The predicted molar refractivity (Wildman–Crippen MR) is 81.9 cm³/mol. The predicted octanol–water partition coefficient (Wildman–Crippen LogP) is 5.57. The van der Waals surface area contributed by atoms with Crippen molar-refractivity contribution in [3.8, 4) is 0 Å². The number of halogens is 4. The van der Waals surface area contributed by atoms with E-state index in [-0.39, 0.29) is 11.4 Å². The van der Waals surface area contributed by atoms with Gasteiger partial charge in [0.1, 0.15) is 0 Å². The molecule has 0 aromatic heterocycles. The van der Waals surface area contributed by atoms with Crippen molar-refractivity contribution in [3.63, 3.8) is 0 Å². The van der Waals surface area contributed by atoms with Crippen LogP contribution in [0.3, 0.4) is 0 Å². The summed E-state index contributed by atoms with van der Waals surface area (Å²) >= 11 is 1.24. The molecule has 0 bridgehead atoms. The van der Waals surface area contributed by atoms with Gasteiger partial charge in [-0.05, 0) is 48.5 Å². The Kier molecular flexibility index (Phi) is 5.32. The average molecular weight is 384 g/mol. The molecule has 0 unspecified atom stereocenters. The summed E-state index contributed by atoms with van der Waals surface area (Å²) < 4.78 is 75.2. The van der Waals surface area contributed by atoms with Gasteiger partial charge in [0.2, 0.25) is 0 Å². The molecule has 23 heavy (non-hydrogen) atoms. The average Bonchev–Trinajstić information content (AvgIpc) is 2.40. The number of hydrogen-bond acceptors (Lipinski definition) is 5. The van der Waals surface area contributed by atoms with Crippen LogP contribution in [0.25, 0.3) is 0 Å². The highest BCUT2D eigenvalue weighted by Gasteiger charge is 2.04. The Labute approximate surface area is 135 Å². The van der Waals surface area contributed by atoms with Gasteiger partial charge in [0, 0.05) is 9.79 Å². The third-order valence-corrected chi connectivity index (χ3v) is 4.19. The molecule has 0 N–H and O–H groups in total. The summed E-state index contributed by atoms with van der Waals surface area (Å²) in [5, 5.41) is 0. The lowest BCUT2D eigenvalue weighted by molar-refractivity contribution is 0.586. The monoisotopic (exact) mass is 384 g/mol. The molecule has 0 aliphatic heterocycles. The smallest absolute Gasteiger partial charge is 0.180 e. The number of rotatable bonds is 4. The van der Waals surface area contributed by atoms with Crippen molar-refractivity contribution in [2.45, 2.75) is 9.79 Å². The van der Waals surface area contributed by atoms with Gasteiger partial charge >= 0.3 is 21.0 Å². The van der Waals surface area contributed by atoms with Crippen LogP contribution in [0.15, 0.2) is 67.0 Å². The van der Waals surface area contributed by atoms with E-state index in [4.69, 9.17) is 0 Å². The van der Waals surface area contributed by atoms with Crippen LogP contribution in [-0.2, 0) is 21.0 Å². The third-order valence-electron chi connectivity index (χ3n) is 2.33. The fourth-order valence-electron chi connectivity index (χ4n) is 1.53. The Morgan fingerprint density at radius 2 is 0.957 bits per heavy atom. The zero-order chi connectivity index (χ0) is 17.1. The number of nitrogens with zero attached hydrogens (tertiary/aromatic N) is 2. The Balaban J connectivity index is 2.14. The minimum absolute atomic E-state index is 0.112. The first-order valence-electron chi connectivity index (χ1n) is 5.81. The number of benzene rings is 2. The molecule has 0 spiro atoms. The highest BCUT2D eigenvalue weighted by molar-refractivity contribution is 7.99. The zero-order valence-corrected chi connectivity index (χ0v) is 13.5. The van der Waals surface area contributed by atoms with E-state index in [1.807, 2.05) is 0 Å². The van der Waals surface area contributed by atoms with E-state index in [0.717, 1.165) is 0 Å². The van der Waals surface area contributed by atoms with Crippen LogP contribution in [0.5, 0.6) is 0 Å². The molecule has 0 radical (unpaired) electrons. The Bertz CT molecular complexity index is 836. The molecule has 0 saturated carbocycles. The van der Waals surface area contributed by atoms with Crippen LogP contribution in [-0.4, -0.2) is 8.42 Å². The summed E-state index contributed by atoms with van der Waals surface area (Å²) in [4.78, 5) is 1.36. The van der Waals surface area contributed by atoms with Crippen molar-refractivity contribution >= 4 is 44.1 Å². The van der Waals surface area contributed by atoms with Crippen LogP contribution in [0.4, 0.5) is 26.9 Å². The highest BCUT2D eigenvalue weighted by Crippen LogP contribution is 2.31. The van der Waals surface area contributed by atoms with Gasteiger partial charge in [-0.2, -0.15) is 8.42 Å². The van der Waals surface area contributed by atoms with Crippen molar-refractivity contribution in [1.82, 2.24) is 0 Å². The molecule has 124 valence electrons. The maximum absolute atomic E-state index is 12.3. The van der Waals surface area contributed by atoms with Crippen molar-refractivity contribution < 1.29 is 24.0 Å². The molecule has 2 aromatic rings. The van der Waals surface area contributed by atoms with E-state index in [1.54, 1.807) is 0 Å². The largest absolute Gasteiger partial charge is 0.371 e. The molecule has 0 fully saturated rings. The second-order valence-corrected chi connectivity index (χ2v) is 7.17. The minimum atomic E-state index is -5.20. The molecule has 2 rings (SSSR count).